The number of carbonyl (C=O) groups excluding carboxylic acids is 1. The molecule has 2 aromatic carbocycles. The Bertz CT molecular complexity index is 715. The highest BCUT2D eigenvalue weighted by molar-refractivity contribution is 14.1. The Hall–Kier alpha value is -0.510. The van der Waals surface area contributed by atoms with Crippen molar-refractivity contribution in [3.63, 3.8) is 0 Å². The molecule has 5 heteroatoms. The predicted octanol–water partition coefficient (Wildman–Crippen LogP) is 3.66. The van der Waals surface area contributed by atoms with Crippen LogP contribution in [0.4, 0.5) is 0 Å². The largest absolute Gasteiger partial charge is 0.389 e. The topological polar surface area (TPSA) is 49.3 Å². The van der Waals surface area contributed by atoms with E-state index in [1.54, 1.807) is 0 Å². The average molecular weight is 547 g/mol. The van der Waals surface area contributed by atoms with Crippen LogP contribution in [-0.4, -0.2) is 29.6 Å². The van der Waals surface area contributed by atoms with Crippen LogP contribution in [0.5, 0.6) is 0 Å². The summed E-state index contributed by atoms with van der Waals surface area (Å²) in [4.78, 5) is 13.0. The van der Waals surface area contributed by atoms with Crippen LogP contribution in [0, 0.1) is 13.1 Å². The SMILES string of the molecule is O=C(c1ccc(I)cc1)C1CNCCC1(O)Cc1ccc(I)cc1. The molecule has 3 nitrogen and oxygen atoms in total. The van der Waals surface area contributed by atoms with E-state index >= 15 is 0 Å². The minimum atomic E-state index is -1.00. The molecule has 2 N–H and O–H groups in total. The van der Waals surface area contributed by atoms with E-state index in [4.69, 9.17) is 0 Å². The van der Waals surface area contributed by atoms with E-state index in [2.05, 4.69) is 50.5 Å². The van der Waals surface area contributed by atoms with Gasteiger partial charge in [-0.15, -0.1) is 0 Å². The molecule has 2 unspecified atom stereocenters. The summed E-state index contributed by atoms with van der Waals surface area (Å²) >= 11 is 4.49. The number of hydrogen-bond donors (Lipinski definition) is 2. The first-order valence-electron chi connectivity index (χ1n) is 7.95. The molecule has 0 aliphatic carbocycles. The van der Waals surface area contributed by atoms with E-state index in [1.165, 1.54) is 3.57 Å². The summed E-state index contributed by atoms with van der Waals surface area (Å²) in [5.41, 5.74) is 0.739. The highest BCUT2D eigenvalue weighted by Crippen LogP contribution is 2.31. The number of benzene rings is 2. The third-order valence-corrected chi connectivity index (χ3v) is 6.04. The van der Waals surface area contributed by atoms with Crippen molar-refractivity contribution in [2.75, 3.05) is 13.1 Å². The van der Waals surface area contributed by atoms with Gasteiger partial charge in [0.2, 0.25) is 0 Å². The highest BCUT2D eigenvalue weighted by atomic mass is 127. The minimum absolute atomic E-state index is 0.0200. The molecule has 1 fully saturated rings. The van der Waals surface area contributed by atoms with E-state index in [9.17, 15) is 9.90 Å². The molecule has 24 heavy (non-hydrogen) atoms. The summed E-state index contributed by atoms with van der Waals surface area (Å²) in [6, 6.07) is 15.7. The lowest BCUT2D eigenvalue weighted by Crippen LogP contribution is -2.54. The maximum atomic E-state index is 13.0. The molecule has 2 atom stereocenters. The fraction of sp³-hybridized carbons (Fsp3) is 0.316. The maximum absolute atomic E-state index is 13.0. The molecule has 0 amide bonds. The van der Waals surface area contributed by atoms with Crippen molar-refractivity contribution >= 4 is 51.0 Å². The maximum Gasteiger partial charge on any atom is 0.170 e. The highest BCUT2D eigenvalue weighted by Gasteiger charge is 2.43. The van der Waals surface area contributed by atoms with Crippen molar-refractivity contribution in [3.8, 4) is 0 Å². The molecule has 0 bridgehead atoms. The van der Waals surface area contributed by atoms with Crippen molar-refractivity contribution in [2.24, 2.45) is 5.92 Å². The van der Waals surface area contributed by atoms with Gasteiger partial charge in [0.15, 0.2) is 5.78 Å². The molecule has 2 aromatic rings. The van der Waals surface area contributed by atoms with Crippen LogP contribution in [0.3, 0.4) is 0 Å². The summed E-state index contributed by atoms with van der Waals surface area (Å²) < 4.78 is 2.26. The summed E-state index contributed by atoms with van der Waals surface area (Å²) in [5, 5.41) is 14.5. The standard InChI is InChI=1S/C19H19I2NO2/c20-15-5-1-13(2-6-15)11-19(24)9-10-22-12-17(19)18(23)14-3-7-16(21)8-4-14/h1-8,17,22,24H,9-12H2. The van der Waals surface area contributed by atoms with Gasteiger partial charge >= 0.3 is 0 Å². The molecule has 1 aliphatic rings. The number of nitrogens with one attached hydrogen (secondary N) is 1. The molecule has 1 heterocycles. The van der Waals surface area contributed by atoms with Crippen molar-refractivity contribution in [1.29, 1.82) is 0 Å². The molecule has 0 aromatic heterocycles. The van der Waals surface area contributed by atoms with E-state index in [-0.39, 0.29) is 5.78 Å². The van der Waals surface area contributed by atoms with Crippen molar-refractivity contribution in [3.05, 3.63) is 66.8 Å². The fourth-order valence-corrected chi connectivity index (χ4v) is 3.95. The monoisotopic (exact) mass is 547 g/mol. The predicted molar refractivity (Wildman–Crippen MR) is 112 cm³/mol. The first-order chi connectivity index (χ1) is 11.5. The number of hydrogen-bond acceptors (Lipinski definition) is 3. The molecular weight excluding hydrogens is 528 g/mol. The van der Waals surface area contributed by atoms with E-state index < -0.39 is 11.5 Å². The molecule has 3 rings (SSSR count). The lowest BCUT2D eigenvalue weighted by molar-refractivity contribution is -0.0293. The summed E-state index contributed by atoms with van der Waals surface area (Å²) in [6.07, 6.45) is 1.09. The van der Waals surface area contributed by atoms with Crippen molar-refractivity contribution < 1.29 is 9.90 Å². The van der Waals surface area contributed by atoms with Crippen molar-refractivity contribution in [2.45, 2.75) is 18.4 Å². The van der Waals surface area contributed by atoms with Gasteiger partial charge in [-0.2, -0.15) is 0 Å². The Balaban J connectivity index is 1.85. The van der Waals surface area contributed by atoms with Crippen LogP contribution < -0.4 is 5.32 Å². The van der Waals surface area contributed by atoms with Crippen LogP contribution in [-0.2, 0) is 6.42 Å². The lowest BCUT2D eigenvalue weighted by atomic mass is 9.74. The van der Waals surface area contributed by atoms with E-state index in [0.29, 0.717) is 24.9 Å². The Morgan fingerprint density at radius 3 is 2.29 bits per heavy atom. The lowest BCUT2D eigenvalue weighted by Gasteiger charge is -2.39. The number of Topliss-reactive ketones (excluding diaryl/α,β-unsaturated/α-hetero) is 1. The van der Waals surface area contributed by atoms with Crippen LogP contribution in [0.25, 0.3) is 0 Å². The number of ketones is 1. The van der Waals surface area contributed by atoms with Gasteiger partial charge in [-0.3, -0.25) is 4.79 Å². The van der Waals surface area contributed by atoms with Gasteiger partial charge in [0.25, 0.3) is 0 Å². The average Bonchev–Trinajstić information content (AvgIpc) is 2.57. The van der Waals surface area contributed by atoms with Gasteiger partial charge in [-0.25, -0.2) is 0 Å². The summed E-state index contributed by atoms with van der Waals surface area (Å²) in [7, 11) is 0. The van der Waals surface area contributed by atoms with Gasteiger partial charge in [-0.05, 0) is 88.0 Å². The Labute approximate surface area is 169 Å². The first-order valence-corrected chi connectivity index (χ1v) is 10.1. The third kappa shape index (κ3) is 4.17. The molecular formula is C19H19I2NO2. The molecule has 0 spiro atoms. The van der Waals surface area contributed by atoms with Gasteiger partial charge in [-0.1, -0.05) is 24.3 Å². The van der Waals surface area contributed by atoms with Gasteiger partial charge < -0.3 is 10.4 Å². The zero-order valence-electron chi connectivity index (χ0n) is 13.1. The van der Waals surface area contributed by atoms with Crippen LogP contribution in [0.2, 0.25) is 0 Å². The summed E-state index contributed by atoms with van der Waals surface area (Å²) in [6.45, 7) is 1.25. The molecule has 0 saturated carbocycles. The van der Waals surface area contributed by atoms with Gasteiger partial charge in [0.1, 0.15) is 0 Å². The first kappa shape index (κ1) is 18.3. The van der Waals surface area contributed by atoms with Crippen LogP contribution in [0.1, 0.15) is 22.3 Å². The van der Waals surface area contributed by atoms with Gasteiger partial charge in [0, 0.05) is 25.7 Å². The second-order valence-electron chi connectivity index (χ2n) is 6.28. The number of piperidine rings is 1. The quantitative estimate of drug-likeness (QED) is 0.454. The van der Waals surface area contributed by atoms with E-state index in [0.717, 1.165) is 15.7 Å². The second kappa shape index (κ2) is 7.80. The number of carbonyl (C=O) groups is 1. The molecule has 0 radical (unpaired) electrons. The third-order valence-electron chi connectivity index (χ3n) is 4.60. The number of rotatable bonds is 4. The number of halogens is 2. The van der Waals surface area contributed by atoms with Crippen LogP contribution in [0.15, 0.2) is 48.5 Å². The zero-order valence-corrected chi connectivity index (χ0v) is 17.5. The van der Waals surface area contributed by atoms with Gasteiger partial charge in [0.05, 0.1) is 11.5 Å². The normalized spacial score (nSPS) is 23.9. The molecule has 1 aliphatic heterocycles. The molecule has 1 saturated heterocycles. The van der Waals surface area contributed by atoms with E-state index in [1.807, 2.05) is 48.5 Å². The van der Waals surface area contributed by atoms with Crippen LogP contribution >= 0.6 is 45.2 Å². The smallest absolute Gasteiger partial charge is 0.170 e. The fourth-order valence-electron chi connectivity index (χ4n) is 3.23. The Kier molecular flexibility index (Phi) is 5.94. The van der Waals surface area contributed by atoms with Crippen molar-refractivity contribution in [1.82, 2.24) is 5.32 Å². The Morgan fingerprint density at radius 2 is 1.67 bits per heavy atom. The summed E-state index contributed by atoms with van der Waals surface area (Å²) in [5.74, 6) is -0.405. The second-order valence-corrected chi connectivity index (χ2v) is 8.78. The number of aliphatic hydroxyl groups is 1. The zero-order chi connectivity index (χ0) is 17.2. The minimum Gasteiger partial charge on any atom is -0.389 e. The Morgan fingerprint density at radius 1 is 1.08 bits per heavy atom. The molecule has 126 valence electrons.